The number of hydrogen-bond donors (Lipinski definition) is 2. The summed E-state index contributed by atoms with van der Waals surface area (Å²) in [4.78, 5) is 24.2. The fraction of sp³-hybridized carbons (Fsp3) is 0.474. The predicted octanol–water partition coefficient (Wildman–Crippen LogP) is 3.58. The number of carbonyl (C=O) groups excluding carboxylic acids is 2. The van der Waals surface area contributed by atoms with Gasteiger partial charge in [-0.1, -0.05) is 6.42 Å². The molecule has 2 N–H and O–H groups in total. The third kappa shape index (κ3) is 3.53. The first-order valence-electron chi connectivity index (χ1n) is 8.87. The Hall–Kier alpha value is -2.15. The van der Waals surface area contributed by atoms with E-state index in [0.717, 1.165) is 19.3 Å². The molecule has 1 heterocycles. The number of Topliss-reactive ketones (excluding diaryl/α,β-unsaturated/α-hetero) is 2. The molecule has 1 aliphatic carbocycles. The summed E-state index contributed by atoms with van der Waals surface area (Å²) in [5.74, 6) is -0.281. The molecule has 140 valence electrons. The lowest BCUT2D eigenvalue weighted by atomic mass is 9.89. The summed E-state index contributed by atoms with van der Waals surface area (Å²) < 4.78 is 17.3. The minimum Gasteiger partial charge on any atom is -0.506 e. The largest absolute Gasteiger partial charge is 0.506 e. The van der Waals surface area contributed by atoms with E-state index in [2.05, 4.69) is 4.36 Å². The van der Waals surface area contributed by atoms with Gasteiger partial charge in [0, 0.05) is 29.9 Å². The molecule has 0 spiro atoms. The van der Waals surface area contributed by atoms with Crippen molar-refractivity contribution in [3.05, 3.63) is 28.8 Å². The number of nitrogens with zero attached hydrogens (tertiary/aromatic N) is 1. The van der Waals surface area contributed by atoms with Crippen molar-refractivity contribution in [1.29, 1.82) is 0 Å². The number of aliphatic hydroxyl groups is 1. The van der Waals surface area contributed by atoms with Gasteiger partial charge in [0.2, 0.25) is 0 Å². The van der Waals surface area contributed by atoms with E-state index in [1.165, 1.54) is 12.1 Å². The standard InChI is InChI=1S/C19H23NO5S/c1-12-13(19(24)17-14(21)6-5-7-15(17)22)8-9-16(23)18(12)20-26(25)10-3-2-4-11-26/h8-9,23-24H,2-7,10-11H2,1H3. The van der Waals surface area contributed by atoms with Gasteiger partial charge in [-0.25, -0.2) is 4.21 Å². The Morgan fingerprint density at radius 2 is 1.65 bits per heavy atom. The number of benzene rings is 1. The number of phenols is 1. The molecule has 0 unspecified atom stereocenters. The lowest BCUT2D eigenvalue weighted by molar-refractivity contribution is -0.123. The molecule has 0 radical (unpaired) electrons. The molecule has 0 atom stereocenters. The first kappa shape index (κ1) is 18.6. The summed E-state index contributed by atoms with van der Waals surface area (Å²) in [6, 6.07) is 2.80. The lowest BCUT2D eigenvalue weighted by Gasteiger charge is -2.18. The highest BCUT2D eigenvalue weighted by molar-refractivity contribution is 7.93. The first-order valence-corrected chi connectivity index (χ1v) is 10.7. The van der Waals surface area contributed by atoms with Gasteiger partial charge in [-0.3, -0.25) is 9.59 Å². The van der Waals surface area contributed by atoms with Crippen LogP contribution in [0.25, 0.3) is 5.76 Å². The number of hydrogen-bond acceptors (Lipinski definition) is 6. The van der Waals surface area contributed by atoms with Gasteiger partial charge >= 0.3 is 0 Å². The zero-order valence-corrected chi connectivity index (χ0v) is 15.6. The number of rotatable bonds is 2. The van der Waals surface area contributed by atoms with Gasteiger partial charge in [-0.15, -0.1) is 0 Å². The molecule has 0 aromatic heterocycles. The van der Waals surface area contributed by atoms with Crippen molar-refractivity contribution in [2.24, 2.45) is 4.36 Å². The minimum absolute atomic E-state index is 0.126. The second-order valence-corrected chi connectivity index (χ2v) is 9.41. The normalized spacial score (nSPS) is 20.1. The maximum absolute atomic E-state index is 12.9. The van der Waals surface area contributed by atoms with Crippen molar-refractivity contribution in [1.82, 2.24) is 0 Å². The Morgan fingerprint density at radius 1 is 1.04 bits per heavy atom. The maximum atomic E-state index is 12.9. The Balaban J connectivity index is 2.14. The SMILES string of the molecule is Cc1c(C(O)=C2C(=O)CCCC2=O)ccc(O)c1N=S1(=O)CCCCC1. The molecule has 1 saturated carbocycles. The molecule has 1 aromatic rings. The smallest absolute Gasteiger partial charge is 0.170 e. The van der Waals surface area contributed by atoms with Crippen LogP contribution in [0.4, 0.5) is 5.69 Å². The zero-order chi connectivity index (χ0) is 18.9. The number of aliphatic hydroxyl groups excluding tert-OH is 1. The average molecular weight is 377 g/mol. The zero-order valence-electron chi connectivity index (χ0n) is 14.8. The molecule has 26 heavy (non-hydrogen) atoms. The van der Waals surface area contributed by atoms with Crippen molar-refractivity contribution >= 4 is 32.7 Å². The molecule has 2 fully saturated rings. The number of carbonyl (C=O) groups is 2. The van der Waals surface area contributed by atoms with Crippen molar-refractivity contribution < 1.29 is 24.0 Å². The maximum Gasteiger partial charge on any atom is 0.170 e. The van der Waals surface area contributed by atoms with E-state index in [-0.39, 0.29) is 52.7 Å². The summed E-state index contributed by atoms with van der Waals surface area (Å²) in [6.45, 7) is 1.63. The monoisotopic (exact) mass is 377 g/mol. The number of allylic oxidation sites excluding steroid dienone is 1. The van der Waals surface area contributed by atoms with E-state index in [4.69, 9.17) is 0 Å². The summed E-state index contributed by atoms with van der Waals surface area (Å²) >= 11 is 0. The van der Waals surface area contributed by atoms with Gasteiger partial charge in [0.1, 0.15) is 22.8 Å². The van der Waals surface area contributed by atoms with E-state index in [1.54, 1.807) is 6.92 Å². The molecule has 1 aliphatic heterocycles. The van der Waals surface area contributed by atoms with Crippen molar-refractivity contribution in [2.75, 3.05) is 11.5 Å². The van der Waals surface area contributed by atoms with Crippen molar-refractivity contribution in [3.8, 4) is 5.75 Å². The van der Waals surface area contributed by atoms with Gasteiger partial charge in [-0.2, -0.15) is 4.36 Å². The Morgan fingerprint density at radius 3 is 2.27 bits per heavy atom. The van der Waals surface area contributed by atoms with Crippen LogP contribution >= 0.6 is 0 Å². The molecule has 3 rings (SSSR count). The molecule has 7 heteroatoms. The number of ketones is 2. The highest BCUT2D eigenvalue weighted by Gasteiger charge is 2.29. The lowest BCUT2D eigenvalue weighted by Crippen LogP contribution is -2.20. The molecule has 2 aliphatic rings. The molecule has 0 bridgehead atoms. The molecule has 0 amide bonds. The highest BCUT2D eigenvalue weighted by atomic mass is 32.2. The summed E-state index contributed by atoms with van der Waals surface area (Å²) in [7, 11) is -2.44. The average Bonchev–Trinajstić information content (AvgIpc) is 2.59. The highest BCUT2D eigenvalue weighted by Crippen LogP contribution is 2.38. The van der Waals surface area contributed by atoms with E-state index in [0.29, 0.717) is 23.5 Å². The van der Waals surface area contributed by atoms with Crippen LogP contribution < -0.4 is 0 Å². The second kappa shape index (κ2) is 7.23. The van der Waals surface area contributed by atoms with Gasteiger partial charge in [0.15, 0.2) is 11.6 Å². The second-order valence-electron chi connectivity index (χ2n) is 6.86. The molecule has 1 aromatic carbocycles. The van der Waals surface area contributed by atoms with Crippen LogP contribution in [0.2, 0.25) is 0 Å². The Kier molecular flexibility index (Phi) is 5.18. The van der Waals surface area contributed by atoms with Crippen LogP contribution in [-0.2, 0) is 19.3 Å². The first-order chi connectivity index (χ1) is 12.3. The van der Waals surface area contributed by atoms with Gasteiger partial charge < -0.3 is 10.2 Å². The van der Waals surface area contributed by atoms with Gasteiger partial charge in [0.25, 0.3) is 0 Å². The molecular weight excluding hydrogens is 354 g/mol. The van der Waals surface area contributed by atoms with Crippen LogP contribution in [0.15, 0.2) is 22.1 Å². The molecule has 6 nitrogen and oxygen atoms in total. The fourth-order valence-corrected chi connectivity index (χ4v) is 5.72. The predicted molar refractivity (Wildman–Crippen MR) is 100 cm³/mol. The van der Waals surface area contributed by atoms with Gasteiger partial charge in [0.05, 0.1) is 9.73 Å². The van der Waals surface area contributed by atoms with Crippen LogP contribution in [0.3, 0.4) is 0 Å². The van der Waals surface area contributed by atoms with Crippen LogP contribution in [0.1, 0.15) is 49.7 Å². The van der Waals surface area contributed by atoms with Crippen LogP contribution in [0.5, 0.6) is 5.75 Å². The molecular formula is C19H23NO5S. The Bertz CT molecular complexity index is 892. The quantitative estimate of drug-likeness (QED) is 0.466. The fourth-order valence-electron chi connectivity index (χ4n) is 3.46. The van der Waals surface area contributed by atoms with Crippen molar-refractivity contribution in [2.45, 2.75) is 45.4 Å². The summed E-state index contributed by atoms with van der Waals surface area (Å²) in [6.07, 6.45) is 3.64. The van der Waals surface area contributed by atoms with E-state index in [9.17, 15) is 24.0 Å². The number of phenolic OH excluding ortho intramolecular Hbond substituents is 1. The van der Waals surface area contributed by atoms with Crippen LogP contribution in [-0.4, -0.2) is 37.5 Å². The molecule has 1 saturated heterocycles. The number of aromatic hydroxyl groups is 1. The Labute approximate surface area is 153 Å². The van der Waals surface area contributed by atoms with E-state index in [1.807, 2.05) is 0 Å². The third-order valence-electron chi connectivity index (χ3n) is 4.95. The van der Waals surface area contributed by atoms with Gasteiger partial charge in [-0.05, 0) is 43.9 Å². The van der Waals surface area contributed by atoms with Crippen LogP contribution in [0, 0.1) is 6.92 Å². The third-order valence-corrected chi connectivity index (χ3v) is 7.32. The van der Waals surface area contributed by atoms with E-state index < -0.39 is 9.73 Å². The van der Waals surface area contributed by atoms with Crippen molar-refractivity contribution in [3.63, 3.8) is 0 Å². The summed E-state index contributed by atoms with van der Waals surface area (Å²) in [5.41, 5.74) is 0.656. The minimum atomic E-state index is -2.44. The van der Waals surface area contributed by atoms with E-state index >= 15 is 0 Å². The topological polar surface area (TPSA) is 104 Å². The summed E-state index contributed by atoms with van der Waals surface area (Å²) in [5, 5.41) is 20.8.